The molecular formula is C12H15NO3. The summed E-state index contributed by atoms with van der Waals surface area (Å²) >= 11 is 0. The molecule has 16 heavy (non-hydrogen) atoms. The molecule has 0 aliphatic rings. The predicted molar refractivity (Wildman–Crippen MR) is 60.1 cm³/mol. The second-order valence-corrected chi connectivity index (χ2v) is 3.48. The van der Waals surface area contributed by atoms with Gasteiger partial charge in [0.05, 0.1) is 5.92 Å². The third-order valence-corrected chi connectivity index (χ3v) is 2.34. The lowest BCUT2D eigenvalue weighted by atomic mass is 9.96. The van der Waals surface area contributed by atoms with Crippen LogP contribution in [0.15, 0.2) is 30.3 Å². The average Bonchev–Trinajstić information content (AvgIpc) is 2.29. The number of carbonyl (C=O) groups is 2. The van der Waals surface area contributed by atoms with Crippen molar-refractivity contribution in [3.8, 4) is 0 Å². The molecule has 0 aliphatic carbocycles. The van der Waals surface area contributed by atoms with Crippen LogP contribution in [-0.4, -0.2) is 23.5 Å². The van der Waals surface area contributed by atoms with Crippen LogP contribution in [0.2, 0.25) is 0 Å². The fourth-order valence-electron chi connectivity index (χ4n) is 1.54. The zero-order valence-corrected chi connectivity index (χ0v) is 9.14. The molecule has 4 nitrogen and oxygen atoms in total. The van der Waals surface area contributed by atoms with Crippen LogP contribution in [0.25, 0.3) is 0 Å². The summed E-state index contributed by atoms with van der Waals surface area (Å²) in [7, 11) is 0. The van der Waals surface area contributed by atoms with Crippen LogP contribution in [-0.2, 0) is 9.59 Å². The molecule has 0 radical (unpaired) electrons. The van der Waals surface area contributed by atoms with Crippen LogP contribution in [0.1, 0.15) is 24.8 Å². The lowest BCUT2D eigenvalue weighted by Crippen LogP contribution is -2.33. The average molecular weight is 221 g/mol. The van der Waals surface area contributed by atoms with Gasteiger partial charge >= 0.3 is 5.97 Å². The van der Waals surface area contributed by atoms with Gasteiger partial charge in [-0.1, -0.05) is 37.3 Å². The summed E-state index contributed by atoms with van der Waals surface area (Å²) in [6, 6.07) is 9.35. The number of rotatable bonds is 5. The van der Waals surface area contributed by atoms with Crippen LogP contribution in [0.3, 0.4) is 0 Å². The summed E-state index contributed by atoms with van der Waals surface area (Å²) in [5.74, 6) is -1.55. The van der Waals surface area contributed by atoms with E-state index < -0.39 is 5.97 Å². The Morgan fingerprint density at radius 2 is 1.94 bits per heavy atom. The van der Waals surface area contributed by atoms with Crippen LogP contribution < -0.4 is 5.32 Å². The molecule has 0 aromatic heterocycles. The smallest absolute Gasteiger partial charge is 0.322 e. The lowest BCUT2D eigenvalue weighted by molar-refractivity contribution is -0.138. The van der Waals surface area contributed by atoms with Crippen molar-refractivity contribution in [1.82, 2.24) is 5.32 Å². The molecule has 0 aliphatic heterocycles. The molecule has 0 heterocycles. The van der Waals surface area contributed by atoms with Crippen LogP contribution in [0, 0.1) is 0 Å². The maximum atomic E-state index is 11.7. The topological polar surface area (TPSA) is 66.4 Å². The number of amides is 1. The predicted octanol–water partition coefficient (Wildman–Crippen LogP) is 1.38. The summed E-state index contributed by atoms with van der Waals surface area (Å²) in [5, 5.41) is 10.9. The molecule has 1 atom stereocenters. The summed E-state index contributed by atoms with van der Waals surface area (Å²) in [5.41, 5.74) is 0.910. The minimum absolute atomic E-state index is 0.240. The lowest BCUT2D eigenvalue weighted by Gasteiger charge is -2.14. The van der Waals surface area contributed by atoms with E-state index in [9.17, 15) is 9.59 Å². The molecule has 2 N–H and O–H groups in total. The normalized spacial score (nSPS) is 11.8. The number of benzene rings is 1. The number of carboxylic acids is 1. The molecule has 1 rings (SSSR count). The highest BCUT2D eigenvalue weighted by Gasteiger charge is 2.18. The highest BCUT2D eigenvalue weighted by Crippen LogP contribution is 2.18. The van der Waals surface area contributed by atoms with Crippen LogP contribution >= 0.6 is 0 Å². The number of hydrogen-bond donors (Lipinski definition) is 2. The van der Waals surface area contributed by atoms with Crippen molar-refractivity contribution in [2.75, 3.05) is 6.54 Å². The largest absolute Gasteiger partial charge is 0.480 e. The summed E-state index contributed by atoms with van der Waals surface area (Å²) in [6.45, 7) is 1.57. The van der Waals surface area contributed by atoms with E-state index in [1.807, 2.05) is 37.3 Å². The van der Waals surface area contributed by atoms with Gasteiger partial charge in [-0.05, 0) is 12.0 Å². The Labute approximate surface area is 94.3 Å². The Bertz CT molecular complexity index is 362. The molecule has 4 heteroatoms. The molecule has 0 saturated heterocycles. The van der Waals surface area contributed by atoms with Gasteiger partial charge in [0.15, 0.2) is 0 Å². The van der Waals surface area contributed by atoms with E-state index >= 15 is 0 Å². The summed E-state index contributed by atoms with van der Waals surface area (Å²) in [4.78, 5) is 22.0. The third-order valence-electron chi connectivity index (χ3n) is 2.34. The van der Waals surface area contributed by atoms with E-state index in [4.69, 9.17) is 5.11 Å². The number of carbonyl (C=O) groups excluding carboxylic acids is 1. The van der Waals surface area contributed by atoms with Crippen molar-refractivity contribution in [2.24, 2.45) is 0 Å². The Morgan fingerprint density at radius 3 is 2.44 bits per heavy atom. The maximum Gasteiger partial charge on any atom is 0.322 e. The molecule has 0 fully saturated rings. The van der Waals surface area contributed by atoms with Crippen molar-refractivity contribution >= 4 is 11.9 Å². The minimum Gasteiger partial charge on any atom is -0.480 e. The highest BCUT2D eigenvalue weighted by molar-refractivity contribution is 5.86. The molecule has 0 saturated carbocycles. The van der Waals surface area contributed by atoms with E-state index in [2.05, 4.69) is 5.32 Å². The van der Waals surface area contributed by atoms with Gasteiger partial charge in [0.2, 0.25) is 5.91 Å². The van der Waals surface area contributed by atoms with Crippen molar-refractivity contribution in [1.29, 1.82) is 0 Å². The standard InChI is InChI=1S/C12H15NO3/c1-2-10(9-6-4-3-5-7-9)12(16)13-8-11(14)15/h3-7,10H,2,8H2,1H3,(H,13,16)(H,14,15)/t10-/m0/s1. The molecule has 0 bridgehead atoms. The second kappa shape index (κ2) is 5.90. The number of carboxylic acid groups (broad SMARTS) is 1. The van der Waals surface area contributed by atoms with Crippen molar-refractivity contribution in [3.63, 3.8) is 0 Å². The number of aliphatic carboxylic acids is 1. The van der Waals surface area contributed by atoms with Crippen LogP contribution in [0.4, 0.5) is 0 Å². The quantitative estimate of drug-likeness (QED) is 0.789. The van der Waals surface area contributed by atoms with Gasteiger partial charge in [0, 0.05) is 0 Å². The second-order valence-electron chi connectivity index (χ2n) is 3.48. The molecule has 1 aromatic carbocycles. The van der Waals surface area contributed by atoms with Crippen LogP contribution in [0.5, 0.6) is 0 Å². The number of hydrogen-bond acceptors (Lipinski definition) is 2. The van der Waals surface area contributed by atoms with E-state index in [0.717, 1.165) is 5.56 Å². The molecular weight excluding hydrogens is 206 g/mol. The van der Waals surface area contributed by atoms with Gasteiger partial charge in [-0.25, -0.2) is 0 Å². The Balaban J connectivity index is 2.68. The van der Waals surface area contributed by atoms with E-state index in [-0.39, 0.29) is 18.4 Å². The van der Waals surface area contributed by atoms with Crippen molar-refractivity contribution in [3.05, 3.63) is 35.9 Å². The monoisotopic (exact) mass is 221 g/mol. The van der Waals surface area contributed by atoms with Gasteiger partial charge in [-0.15, -0.1) is 0 Å². The molecule has 0 spiro atoms. The molecule has 1 aromatic rings. The Kier molecular flexibility index (Phi) is 4.51. The van der Waals surface area contributed by atoms with E-state index in [1.54, 1.807) is 0 Å². The summed E-state index contributed by atoms with van der Waals surface area (Å²) in [6.07, 6.45) is 0.648. The van der Waals surface area contributed by atoms with Gasteiger partial charge in [0.1, 0.15) is 6.54 Å². The fraction of sp³-hybridized carbons (Fsp3) is 0.333. The van der Waals surface area contributed by atoms with Gasteiger partial charge in [-0.2, -0.15) is 0 Å². The zero-order chi connectivity index (χ0) is 12.0. The third kappa shape index (κ3) is 3.38. The highest BCUT2D eigenvalue weighted by atomic mass is 16.4. The van der Waals surface area contributed by atoms with Crippen molar-refractivity contribution in [2.45, 2.75) is 19.3 Å². The molecule has 86 valence electrons. The summed E-state index contributed by atoms with van der Waals surface area (Å²) < 4.78 is 0. The first-order valence-electron chi connectivity index (χ1n) is 5.19. The molecule has 0 unspecified atom stereocenters. The number of nitrogens with one attached hydrogen (secondary N) is 1. The minimum atomic E-state index is -1.03. The first-order valence-corrected chi connectivity index (χ1v) is 5.19. The first-order chi connectivity index (χ1) is 7.65. The van der Waals surface area contributed by atoms with Gasteiger partial charge < -0.3 is 10.4 Å². The maximum absolute atomic E-state index is 11.7. The van der Waals surface area contributed by atoms with Gasteiger partial charge in [-0.3, -0.25) is 9.59 Å². The SMILES string of the molecule is CC[C@H](C(=O)NCC(=O)O)c1ccccc1. The zero-order valence-electron chi connectivity index (χ0n) is 9.14. The Morgan fingerprint density at radius 1 is 1.31 bits per heavy atom. The molecule has 1 amide bonds. The fourth-order valence-corrected chi connectivity index (χ4v) is 1.54. The van der Waals surface area contributed by atoms with Crippen molar-refractivity contribution < 1.29 is 14.7 Å². The Hall–Kier alpha value is -1.84. The van der Waals surface area contributed by atoms with Gasteiger partial charge in [0.25, 0.3) is 0 Å². The van der Waals surface area contributed by atoms with E-state index in [0.29, 0.717) is 6.42 Å². The van der Waals surface area contributed by atoms with E-state index in [1.165, 1.54) is 0 Å². The first kappa shape index (κ1) is 12.2.